The van der Waals surface area contributed by atoms with E-state index in [4.69, 9.17) is 7.49 Å². The Hall–Kier alpha value is 0.779. The topological polar surface area (TPSA) is 0 Å². The van der Waals surface area contributed by atoms with Gasteiger partial charge in [0.15, 0.2) is 0 Å². The first-order valence-electron chi connectivity index (χ1n) is 1.46. The van der Waals surface area contributed by atoms with E-state index in [0.29, 0.717) is 0 Å². The summed E-state index contributed by atoms with van der Waals surface area (Å²) in [6.45, 7) is 1.80. The summed E-state index contributed by atoms with van der Waals surface area (Å²) in [5.41, 5.74) is 0. The number of hydrogen-bond acceptors (Lipinski definition) is 0. The summed E-state index contributed by atoms with van der Waals surface area (Å²) in [6.07, 6.45) is 4.36. The van der Waals surface area contributed by atoms with Gasteiger partial charge < -0.3 is 0 Å². The molecular weight excluding hydrogens is 148 g/mol. The van der Waals surface area contributed by atoms with Gasteiger partial charge in [0.05, 0.1) is 0 Å². The molecule has 0 heterocycles. The van der Waals surface area contributed by atoms with Gasteiger partial charge in [0.2, 0.25) is 0 Å². The average Bonchev–Trinajstić information content (AvgIpc) is 1.41. The SMILES string of the molecule is [B]=CC=[C-]C.[Y]. The van der Waals surface area contributed by atoms with Crippen LogP contribution in [0.25, 0.3) is 0 Å². The van der Waals surface area contributed by atoms with Gasteiger partial charge in [-0.1, -0.05) is 0 Å². The normalized spacial score (nSPS) is 7.33. The summed E-state index contributed by atoms with van der Waals surface area (Å²) in [6, 6.07) is 0. The third-order valence-corrected chi connectivity index (χ3v) is 0.263. The zero-order valence-corrected chi connectivity index (χ0v) is 6.65. The zero-order chi connectivity index (χ0) is 4.12. The summed E-state index contributed by atoms with van der Waals surface area (Å²) in [7, 11) is 4.90. The van der Waals surface area contributed by atoms with Gasteiger partial charge in [0, 0.05) is 32.7 Å². The van der Waals surface area contributed by atoms with E-state index < -0.39 is 0 Å². The molecule has 0 N–H and O–H groups in total. The van der Waals surface area contributed by atoms with Gasteiger partial charge in [0.25, 0.3) is 0 Å². The monoisotopic (exact) mass is 153 g/mol. The maximum absolute atomic E-state index is 4.90. The van der Waals surface area contributed by atoms with Gasteiger partial charge in [-0.05, 0) is 0 Å². The van der Waals surface area contributed by atoms with Crippen molar-refractivity contribution in [2.75, 3.05) is 0 Å². The third-order valence-electron chi connectivity index (χ3n) is 0.263. The van der Waals surface area contributed by atoms with Crippen LogP contribution in [-0.2, 0) is 32.7 Å². The quantitative estimate of drug-likeness (QED) is 0.376. The Bertz CT molecular complexity index is 49.5. The predicted octanol–water partition coefficient (Wildman–Crippen LogP) is 0.334. The predicted molar refractivity (Wildman–Crippen MR) is 25.3 cm³/mol. The van der Waals surface area contributed by atoms with Gasteiger partial charge in [-0.15, -0.1) is 0 Å². The minimum absolute atomic E-state index is 0. The molecule has 0 aromatic rings. The van der Waals surface area contributed by atoms with Crippen LogP contribution in [0.1, 0.15) is 6.92 Å². The van der Waals surface area contributed by atoms with Crippen molar-refractivity contribution in [1.29, 1.82) is 0 Å². The molecule has 0 bridgehead atoms. The third kappa shape index (κ3) is 8.84. The molecule has 0 saturated carbocycles. The van der Waals surface area contributed by atoms with Crippen molar-refractivity contribution in [3.05, 3.63) is 12.2 Å². The Labute approximate surface area is 65.0 Å². The Morgan fingerprint density at radius 2 is 2.17 bits per heavy atom. The molecule has 0 fully saturated rings. The second-order valence-corrected chi connectivity index (χ2v) is 0.648. The number of hydrogen-bond donors (Lipinski definition) is 0. The minimum atomic E-state index is 0. The molecule has 0 spiro atoms. The van der Waals surface area contributed by atoms with Crippen molar-refractivity contribution < 1.29 is 32.7 Å². The van der Waals surface area contributed by atoms with Gasteiger partial charge in [-0.2, -0.15) is 0 Å². The molecule has 0 saturated heterocycles. The molecule has 0 unspecified atom stereocenters. The van der Waals surface area contributed by atoms with Crippen LogP contribution in [0, 0.1) is 6.08 Å². The molecule has 2 heteroatoms. The smallest absolute Gasteiger partial charge is 0 e. The second kappa shape index (κ2) is 9.24. The first-order chi connectivity index (χ1) is 2.41. The van der Waals surface area contributed by atoms with E-state index in [1.807, 2.05) is 0 Å². The molecular formula is C4H5BY-. The van der Waals surface area contributed by atoms with Crippen LogP contribution in [0.2, 0.25) is 0 Å². The van der Waals surface area contributed by atoms with E-state index in [-0.39, 0.29) is 32.7 Å². The summed E-state index contributed by atoms with van der Waals surface area (Å²) in [5, 5.41) is 0. The maximum Gasteiger partial charge on any atom is 0 e. The molecule has 0 rings (SSSR count). The van der Waals surface area contributed by atoms with Crippen LogP contribution < -0.4 is 0 Å². The van der Waals surface area contributed by atoms with Crippen LogP contribution in [0.15, 0.2) is 6.08 Å². The number of allylic oxidation sites excluding steroid dienone is 2. The van der Waals surface area contributed by atoms with E-state index in [1.54, 1.807) is 13.0 Å². The summed E-state index contributed by atoms with van der Waals surface area (Å²) >= 11 is 0. The standard InChI is InChI=1S/C4H5B.Y/c1-2-3-4-5;/h3-4H,1H3;/q-1;. The Morgan fingerprint density at radius 1 is 1.67 bits per heavy atom. The van der Waals surface area contributed by atoms with Crippen molar-refractivity contribution in [2.24, 2.45) is 0 Å². The Kier molecular flexibility index (Phi) is 15.3. The molecule has 0 aromatic carbocycles. The van der Waals surface area contributed by atoms with Crippen molar-refractivity contribution >= 4 is 13.5 Å². The van der Waals surface area contributed by atoms with Gasteiger partial charge in [0.1, 0.15) is 0 Å². The summed E-state index contributed by atoms with van der Waals surface area (Å²) < 4.78 is 0. The van der Waals surface area contributed by atoms with E-state index in [9.17, 15) is 0 Å². The van der Waals surface area contributed by atoms with Crippen molar-refractivity contribution in [1.82, 2.24) is 0 Å². The van der Waals surface area contributed by atoms with Crippen molar-refractivity contribution in [2.45, 2.75) is 6.92 Å². The molecule has 28 valence electrons. The summed E-state index contributed by atoms with van der Waals surface area (Å²) in [4.78, 5) is 0. The first kappa shape index (κ1) is 9.91. The van der Waals surface area contributed by atoms with E-state index >= 15 is 0 Å². The number of rotatable bonds is 1. The van der Waals surface area contributed by atoms with Crippen LogP contribution >= 0.6 is 0 Å². The molecule has 0 aliphatic carbocycles. The molecule has 6 heavy (non-hydrogen) atoms. The molecule has 0 atom stereocenters. The van der Waals surface area contributed by atoms with Gasteiger partial charge in [-0.3, -0.25) is 0 Å². The average molecular weight is 153 g/mol. The summed E-state index contributed by atoms with van der Waals surface area (Å²) in [5.74, 6) is 1.44. The van der Waals surface area contributed by atoms with Crippen LogP contribution in [0.5, 0.6) is 0 Å². The van der Waals surface area contributed by atoms with Crippen molar-refractivity contribution in [3.63, 3.8) is 0 Å². The molecule has 2 radical (unpaired) electrons. The van der Waals surface area contributed by atoms with Crippen LogP contribution in [0.3, 0.4) is 0 Å². The Morgan fingerprint density at radius 3 is 2.17 bits per heavy atom. The molecule has 0 amide bonds. The fraction of sp³-hybridized carbons (Fsp3) is 0.250. The molecule has 0 aliphatic rings. The fourth-order valence-corrected chi connectivity index (χ4v) is 0.0962. The second-order valence-electron chi connectivity index (χ2n) is 0.648. The van der Waals surface area contributed by atoms with Crippen molar-refractivity contribution in [3.8, 4) is 0 Å². The van der Waals surface area contributed by atoms with E-state index in [2.05, 4.69) is 6.08 Å². The zero-order valence-electron chi connectivity index (χ0n) is 3.81. The maximum atomic E-state index is 4.90. The molecule has 0 nitrogen and oxygen atoms in total. The van der Waals surface area contributed by atoms with Crippen LogP contribution in [-0.4, -0.2) is 13.5 Å². The van der Waals surface area contributed by atoms with Gasteiger partial charge >= 0.3 is 32.5 Å². The minimum Gasteiger partial charge on any atom is 0 e. The largest absolute Gasteiger partial charge is 0 e. The van der Waals surface area contributed by atoms with Gasteiger partial charge in [-0.25, -0.2) is 0 Å². The molecule has 0 aromatic heterocycles. The van der Waals surface area contributed by atoms with E-state index in [1.165, 1.54) is 5.97 Å². The molecule has 0 aliphatic heterocycles. The fourth-order valence-electron chi connectivity index (χ4n) is 0.0962. The first-order valence-corrected chi connectivity index (χ1v) is 1.46. The van der Waals surface area contributed by atoms with E-state index in [0.717, 1.165) is 0 Å². The van der Waals surface area contributed by atoms with Crippen LogP contribution in [0.4, 0.5) is 0 Å². The Balaban J connectivity index is 0.